The van der Waals surface area contributed by atoms with Gasteiger partial charge in [-0.15, -0.1) is 0 Å². The van der Waals surface area contributed by atoms with Gasteiger partial charge < -0.3 is 0 Å². The first-order valence-corrected chi connectivity index (χ1v) is 13.8. The molecule has 0 aromatic heterocycles. The van der Waals surface area contributed by atoms with Crippen LogP contribution in [0.25, 0.3) is 6.08 Å². The molecule has 41 heavy (non-hydrogen) atoms. The normalized spacial score (nSPS) is 14.0. The molecule has 0 radical (unpaired) electrons. The Balaban J connectivity index is 0.000000156. The number of carbonyl (C=O) groups is 3. The topological polar surface area (TPSA) is 51.2 Å². The van der Waals surface area contributed by atoms with Crippen molar-refractivity contribution in [2.45, 2.75) is 19.3 Å². The van der Waals surface area contributed by atoms with Crippen LogP contribution < -0.4 is 0 Å². The molecule has 2 aliphatic rings. The van der Waals surface area contributed by atoms with E-state index in [0.717, 1.165) is 23.1 Å². The molecule has 0 spiro atoms. The monoisotopic (exact) mass is 686 g/mol. The van der Waals surface area contributed by atoms with Crippen LogP contribution in [0.1, 0.15) is 54.2 Å². The zero-order valence-electron chi connectivity index (χ0n) is 21.2. The zero-order chi connectivity index (χ0) is 29.7. The number of halogens is 6. The summed E-state index contributed by atoms with van der Waals surface area (Å²) in [6.07, 6.45) is 4.17. The van der Waals surface area contributed by atoms with Gasteiger partial charge in [0.05, 0.1) is 0 Å². The lowest BCUT2D eigenvalue weighted by Gasteiger charge is -2.00. The van der Waals surface area contributed by atoms with Crippen molar-refractivity contribution in [3.8, 4) is 0 Å². The maximum absolute atomic E-state index is 13.2. The highest BCUT2D eigenvalue weighted by Gasteiger charge is 2.25. The summed E-state index contributed by atoms with van der Waals surface area (Å²) in [4.78, 5) is 33.4. The SMILES string of the molecule is O=C1/C(=C/c2ccc(F)cc2Br)Cc2ccc(F)cc21.O=C1CCc2ccc(F)cc21.O=Cc1ccc(F)cc1Br. The Bertz CT molecular complexity index is 1700. The summed E-state index contributed by atoms with van der Waals surface area (Å²) in [7, 11) is 0. The Morgan fingerprint density at radius 2 is 1.12 bits per heavy atom. The standard InChI is InChI=1S/C16H9BrF2O.C9H7FO.C7H4BrFO/c17-15-8-13(19)4-2-10(15)6-11-5-9-1-3-12(18)7-14(9)16(11)20;10-7-3-1-6-2-4-9(11)8(6)5-7;8-7-3-6(9)2-1-5(7)4-10/h1-4,6-8H,5H2;1,3,5H,2,4H2;1-4H/b11-6+;;. The fourth-order valence-corrected chi connectivity index (χ4v) is 5.21. The van der Waals surface area contributed by atoms with Gasteiger partial charge in [0.15, 0.2) is 17.9 Å². The number of fused-ring (bicyclic) bond motifs is 2. The first kappa shape index (κ1) is 30.3. The van der Waals surface area contributed by atoms with E-state index in [0.29, 0.717) is 50.3 Å². The summed E-state index contributed by atoms with van der Waals surface area (Å²) in [6, 6.07) is 16.9. The van der Waals surface area contributed by atoms with Crippen LogP contribution in [0.15, 0.2) is 87.3 Å². The Morgan fingerprint density at radius 3 is 1.71 bits per heavy atom. The molecule has 0 N–H and O–H groups in total. The minimum absolute atomic E-state index is 0.0690. The molecule has 0 aliphatic heterocycles. The predicted molar refractivity (Wildman–Crippen MR) is 155 cm³/mol. The van der Waals surface area contributed by atoms with Crippen molar-refractivity contribution in [3.05, 3.63) is 144 Å². The van der Waals surface area contributed by atoms with Crippen molar-refractivity contribution in [2.75, 3.05) is 0 Å². The molecule has 3 nitrogen and oxygen atoms in total. The Labute approximate surface area is 250 Å². The lowest BCUT2D eigenvalue weighted by molar-refractivity contribution is 0.0992. The molecule has 4 aromatic carbocycles. The van der Waals surface area contributed by atoms with Gasteiger partial charge in [-0.25, -0.2) is 17.6 Å². The molecule has 0 atom stereocenters. The number of allylic oxidation sites excluding steroid dienone is 1. The molecule has 208 valence electrons. The van der Waals surface area contributed by atoms with Gasteiger partial charge >= 0.3 is 0 Å². The van der Waals surface area contributed by atoms with Crippen molar-refractivity contribution in [3.63, 3.8) is 0 Å². The third kappa shape index (κ3) is 7.54. The van der Waals surface area contributed by atoms with Gasteiger partial charge in [0, 0.05) is 44.1 Å². The molecule has 0 bridgehead atoms. The molecule has 0 fully saturated rings. The number of hydrogen-bond acceptors (Lipinski definition) is 3. The van der Waals surface area contributed by atoms with E-state index in [2.05, 4.69) is 31.9 Å². The van der Waals surface area contributed by atoms with Gasteiger partial charge in [-0.2, -0.15) is 0 Å². The summed E-state index contributed by atoms with van der Waals surface area (Å²) in [6.45, 7) is 0. The van der Waals surface area contributed by atoms with Gasteiger partial charge in [-0.05, 0) is 99.7 Å². The van der Waals surface area contributed by atoms with Gasteiger partial charge in [-0.1, -0.05) is 34.1 Å². The maximum Gasteiger partial charge on any atom is 0.189 e. The quantitative estimate of drug-likeness (QED) is 0.120. The summed E-state index contributed by atoms with van der Waals surface area (Å²) in [5.74, 6) is -1.53. The molecule has 0 heterocycles. The number of benzene rings is 4. The summed E-state index contributed by atoms with van der Waals surface area (Å²) >= 11 is 6.30. The van der Waals surface area contributed by atoms with E-state index in [4.69, 9.17) is 0 Å². The van der Waals surface area contributed by atoms with E-state index in [1.54, 1.807) is 24.3 Å². The van der Waals surface area contributed by atoms with Crippen molar-refractivity contribution in [1.29, 1.82) is 0 Å². The number of aryl methyl sites for hydroxylation is 1. The average molecular weight is 688 g/mol. The van der Waals surface area contributed by atoms with Crippen LogP contribution in [0.4, 0.5) is 17.6 Å². The van der Waals surface area contributed by atoms with E-state index < -0.39 is 5.82 Å². The van der Waals surface area contributed by atoms with E-state index in [1.807, 2.05) is 0 Å². The highest BCUT2D eigenvalue weighted by molar-refractivity contribution is 9.10. The predicted octanol–water partition coefficient (Wildman–Crippen LogP) is 8.90. The molecule has 0 unspecified atom stereocenters. The minimum atomic E-state index is -0.415. The summed E-state index contributed by atoms with van der Waals surface area (Å²) in [5, 5.41) is 0. The van der Waals surface area contributed by atoms with Crippen LogP contribution in [0.2, 0.25) is 0 Å². The number of ketones is 2. The largest absolute Gasteiger partial charge is 0.298 e. The molecule has 0 saturated heterocycles. The minimum Gasteiger partial charge on any atom is -0.298 e. The molecule has 0 saturated carbocycles. The molecule has 4 aromatic rings. The number of rotatable bonds is 2. The van der Waals surface area contributed by atoms with E-state index in [-0.39, 0.29) is 29.0 Å². The van der Waals surface area contributed by atoms with Crippen molar-refractivity contribution < 1.29 is 31.9 Å². The second kappa shape index (κ2) is 13.3. The summed E-state index contributed by atoms with van der Waals surface area (Å²) < 4.78 is 52.2. The van der Waals surface area contributed by atoms with Crippen molar-refractivity contribution in [2.24, 2.45) is 0 Å². The number of Topliss-reactive ketones (excluding diaryl/α,β-unsaturated/α-hetero) is 2. The third-order valence-electron chi connectivity index (χ3n) is 6.36. The highest BCUT2D eigenvalue weighted by atomic mass is 79.9. The van der Waals surface area contributed by atoms with Gasteiger partial charge in [-0.3, -0.25) is 14.4 Å². The fourth-order valence-electron chi connectivity index (χ4n) is 4.30. The van der Waals surface area contributed by atoms with Crippen LogP contribution >= 0.6 is 31.9 Å². The van der Waals surface area contributed by atoms with Gasteiger partial charge in [0.1, 0.15) is 23.3 Å². The van der Waals surface area contributed by atoms with Crippen molar-refractivity contribution in [1.82, 2.24) is 0 Å². The van der Waals surface area contributed by atoms with E-state index >= 15 is 0 Å². The van der Waals surface area contributed by atoms with E-state index in [9.17, 15) is 31.9 Å². The Kier molecular flexibility index (Phi) is 9.83. The lowest BCUT2D eigenvalue weighted by atomic mass is 10.1. The molecule has 9 heteroatoms. The first-order valence-electron chi connectivity index (χ1n) is 12.3. The smallest absolute Gasteiger partial charge is 0.189 e. The highest BCUT2D eigenvalue weighted by Crippen LogP contribution is 2.30. The summed E-state index contributed by atoms with van der Waals surface area (Å²) in [5.41, 5.74) is 4.55. The molecular formula is C32H20Br2F4O3. The van der Waals surface area contributed by atoms with Crippen LogP contribution in [0, 0.1) is 23.3 Å². The fraction of sp³-hybridized carbons (Fsp3) is 0.0938. The van der Waals surface area contributed by atoms with Crippen LogP contribution in [-0.2, 0) is 12.8 Å². The third-order valence-corrected chi connectivity index (χ3v) is 7.74. The van der Waals surface area contributed by atoms with E-state index in [1.165, 1.54) is 54.6 Å². The first-order chi connectivity index (χ1) is 19.5. The van der Waals surface area contributed by atoms with Crippen LogP contribution in [-0.4, -0.2) is 17.9 Å². The lowest BCUT2D eigenvalue weighted by Crippen LogP contribution is -1.96. The Morgan fingerprint density at radius 1 is 0.610 bits per heavy atom. The van der Waals surface area contributed by atoms with Crippen LogP contribution in [0.3, 0.4) is 0 Å². The van der Waals surface area contributed by atoms with Gasteiger partial charge in [0.2, 0.25) is 0 Å². The number of carbonyl (C=O) groups excluding carboxylic acids is 3. The molecule has 0 amide bonds. The second-order valence-corrected chi connectivity index (χ2v) is 10.9. The molecule has 2 aliphatic carbocycles. The number of aldehydes is 1. The van der Waals surface area contributed by atoms with Gasteiger partial charge in [0.25, 0.3) is 0 Å². The average Bonchev–Trinajstić information content (AvgIpc) is 3.45. The molecular weight excluding hydrogens is 668 g/mol. The van der Waals surface area contributed by atoms with Crippen molar-refractivity contribution >= 4 is 55.8 Å². The second-order valence-electron chi connectivity index (χ2n) is 9.15. The zero-order valence-corrected chi connectivity index (χ0v) is 24.4. The maximum atomic E-state index is 13.2. The molecule has 6 rings (SSSR count). The van der Waals surface area contributed by atoms with Crippen LogP contribution in [0.5, 0.6) is 0 Å². The Hall–Kier alpha value is -3.69. The number of hydrogen-bond donors (Lipinski definition) is 0.